The van der Waals surface area contributed by atoms with E-state index in [4.69, 9.17) is 0 Å². The average Bonchev–Trinajstić information content (AvgIpc) is 2.82. The Balaban J connectivity index is 1.95. The molecule has 0 spiro atoms. The molecule has 0 amide bonds. The standard InChI is InChI=1S/C14H14FN5/c1-9(11-5-3-4-6-12(11)15)17-13-14-19-18-10(2)20(14)8-7-16-13/h3-9H,1-2H3,(H,16,17). The van der Waals surface area contributed by atoms with E-state index in [-0.39, 0.29) is 11.9 Å². The molecule has 1 N–H and O–H groups in total. The van der Waals surface area contributed by atoms with Gasteiger partial charge in [-0.1, -0.05) is 18.2 Å². The second-order valence-electron chi connectivity index (χ2n) is 4.60. The predicted molar refractivity (Wildman–Crippen MR) is 74.0 cm³/mol. The monoisotopic (exact) mass is 271 g/mol. The van der Waals surface area contributed by atoms with Gasteiger partial charge in [-0.15, -0.1) is 10.2 Å². The molecule has 1 unspecified atom stereocenters. The Hall–Kier alpha value is -2.50. The lowest BCUT2D eigenvalue weighted by Gasteiger charge is -2.15. The Morgan fingerprint density at radius 3 is 2.85 bits per heavy atom. The van der Waals surface area contributed by atoms with Gasteiger partial charge in [0.2, 0.25) is 5.65 Å². The predicted octanol–water partition coefficient (Wildman–Crippen LogP) is 2.74. The van der Waals surface area contributed by atoms with E-state index in [2.05, 4.69) is 20.5 Å². The molecule has 102 valence electrons. The zero-order valence-electron chi connectivity index (χ0n) is 11.2. The van der Waals surface area contributed by atoms with Gasteiger partial charge in [-0.2, -0.15) is 0 Å². The van der Waals surface area contributed by atoms with Gasteiger partial charge in [0, 0.05) is 18.0 Å². The molecule has 0 saturated heterocycles. The van der Waals surface area contributed by atoms with Gasteiger partial charge in [0.25, 0.3) is 0 Å². The molecule has 3 rings (SSSR count). The third kappa shape index (κ3) is 2.09. The lowest BCUT2D eigenvalue weighted by molar-refractivity contribution is 0.600. The number of halogens is 1. The number of hydrogen-bond donors (Lipinski definition) is 1. The van der Waals surface area contributed by atoms with E-state index in [9.17, 15) is 4.39 Å². The van der Waals surface area contributed by atoms with Crippen molar-refractivity contribution in [2.24, 2.45) is 0 Å². The minimum absolute atomic E-state index is 0.216. The van der Waals surface area contributed by atoms with Crippen molar-refractivity contribution in [1.82, 2.24) is 19.6 Å². The van der Waals surface area contributed by atoms with Crippen LogP contribution in [0.4, 0.5) is 10.2 Å². The number of fused-ring (bicyclic) bond motifs is 1. The number of aryl methyl sites for hydroxylation is 1. The van der Waals surface area contributed by atoms with Gasteiger partial charge in [-0.05, 0) is 19.9 Å². The molecule has 0 aliphatic carbocycles. The minimum Gasteiger partial charge on any atom is -0.360 e. The molecule has 0 bridgehead atoms. The molecule has 6 heteroatoms. The van der Waals surface area contributed by atoms with Crippen molar-refractivity contribution in [3.8, 4) is 0 Å². The largest absolute Gasteiger partial charge is 0.360 e. The topological polar surface area (TPSA) is 55.1 Å². The molecule has 0 saturated carbocycles. The van der Waals surface area contributed by atoms with Crippen LogP contribution in [0.1, 0.15) is 24.4 Å². The number of hydrogen-bond acceptors (Lipinski definition) is 4. The van der Waals surface area contributed by atoms with Gasteiger partial charge >= 0.3 is 0 Å². The van der Waals surface area contributed by atoms with Gasteiger partial charge in [0.15, 0.2) is 5.82 Å². The first-order chi connectivity index (χ1) is 9.66. The number of rotatable bonds is 3. The van der Waals surface area contributed by atoms with Gasteiger partial charge in [0.05, 0.1) is 6.04 Å². The molecule has 0 radical (unpaired) electrons. The lowest BCUT2D eigenvalue weighted by Crippen LogP contribution is -2.11. The molecule has 5 nitrogen and oxygen atoms in total. The third-order valence-corrected chi connectivity index (χ3v) is 3.22. The Morgan fingerprint density at radius 1 is 1.25 bits per heavy atom. The zero-order valence-corrected chi connectivity index (χ0v) is 11.2. The van der Waals surface area contributed by atoms with Crippen LogP contribution in [-0.2, 0) is 0 Å². The maximum atomic E-state index is 13.8. The number of nitrogens with zero attached hydrogens (tertiary/aromatic N) is 4. The highest BCUT2D eigenvalue weighted by atomic mass is 19.1. The van der Waals surface area contributed by atoms with Gasteiger partial charge in [0.1, 0.15) is 11.6 Å². The Morgan fingerprint density at radius 2 is 2.05 bits per heavy atom. The SMILES string of the molecule is Cc1nnc2c(NC(C)c3ccccc3F)nccn12. The number of benzene rings is 1. The molecule has 0 aliphatic rings. The van der Waals surface area contributed by atoms with E-state index < -0.39 is 0 Å². The van der Waals surface area contributed by atoms with Gasteiger partial charge < -0.3 is 5.32 Å². The van der Waals surface area contributed by atoms with Crippen LogP contribution in [0.5, 0.6) is 0 Å². The molecule has 0 aliphatic heterocycles. The molecule has 2 heterocycles. The van der Waals surface area contributed by atoms with E-state index in [1.165, 1.54) is 6.07 Å². The fourth-order valence-electron chi connectivity index (χ4n) is 2.15. The summed E-state index contributed by atoms with van der Waals surface area (Å²) in [6, 6.07) is 6.47. The number of anilines is 1. The molecular weight excluding hydrogens is 257 g/mol. The zero-order chi connectivity index (χ0) is 14.1. The van der Waals surface area contributed by atoms with Crippen LogP contribution in [0.2, 0.25) is 0 Å². The highest BCUT2D eigenvalue weighted by Crippen LogP contribution is 2.22. The van der Waals surface area contributed by atoms with E-state index in [0.717, 1.165) is 5.82 Å². The number of nitrogens with one attached hydrogen (secondary N) is 1. The Labute approximate surface area is 115 Å². The summed E-state index contributed by atoms with van der Waals surface area (Å²) < 4.78 is 15.6. The van der Waals surface area contributed by atoms with Crippen LogP contribution in [0, 0.1) is 12.7 Å². The molecule has 20 heavy (non-hydrogen) atoms. The summed E-state index contributed by atoms with van der Waals surface area (Å²) in [5.74, 6) is 1.13. The van der Waals surface area contributed by atoms with Crippen LogP contribution in [0.15, 0.2) is 36.7 Å². The highest BCUT2D eigenvalue weighted by Gasteiger charge is 2.14. The first-order valence-electron chi connectivity index (χ1n) is 6.34. The summed E-state index contributed by atoms with van der Waals surface area (Å²) in [6.07, 6.45) is 3.46. The smallest absolute Gasteiger partial charge is 0.203 e. The Kier molecular flexibility index (Phi) is 3.06. The van der Waals surface area contributed by atoms with Crippen molar-refractivity contribution in [2.75, 3.05) is 5.32 Å². The fraction of sp³-hybridized carbons (Fsp3) is 0.214. The summed E-state index contributed by atoms with van der Waals surface area (Å²) in [5.41, 5.74) is 1.22. The minimum atomic E-state index is -0.239. The molecular formula is C14H14FN5. The molecule has 2 aromatic heterocycles. The van der Waals surface area contributed by atoms with Crippen LogP contribution in [0.3, 0.4) is 0 Å². The summed E-state index contributed by atoms with van der Waals surface area (Å²) in [6.45, 7) is 3.75. The van der Waals surface area contributed by atoms with Crippen LogP contribution >= 0.6 is 0 Å². The van der Waals surface area contributed by atoms with Crippen LogP contribution in [0.25, 0.3) is 5.65 Å². The summed E-state index contributed by atoms with van der Waals surface area (Å²) in [4.78, 5) is 4.26. The first-order valence-corrected chi connectivity index (χ1v) is 6.34. The van der Waals surface area contributed by atoms with E-state index in [0.29, 0.717) is 17.0 Å². The fourth-order valence-corrected chi connectivity index (χ4v) is 2.15. The van der Waals surface area contributed by atoms with Crippen molar-refractivity contribution >= 4 is 11.5 Å². The molecule has 1 atom stereocenters. The van der Waals surface area contributed by atoms with E-state index in [1.54, 1.807) is 24.5 Å². The molecule has 0 fully saturated rings. The third-order valence-electron chi connectivity index (χ3n) is 3.22. The van der Waals surface area contributed by atoms with Crippen LogP contribution < -0.4 is 5.32 Å². The summed E-state index contributed by atoms with van der Waals surface area (Å²) >= 11 is 0. The summed E-state index contributed by atoms with van der Waals surface area (Å²) in [7, 11) is 0. The molecule has 3 aromatic rings. The molecule has 1 aromatic carbocycles. The van der Waals surface area contributed by atoms with Gasteiger partial charge in [-0.3, -0.25) is 4.40 Å². The highest BCUT2D eigenvalue weighted by molar-refractivity contribution is 5.62. The van der Waals surface area contributed by atoms with Crippen molar-refractivity contribution in [3.63, 3.8) is 0 Å². The van der Waals surface area contributed by atoms with Crippen LogP contribution in [-0.4, -0.2) is 19.6 Å². The number of aromatic nitrogens is 4. The first kappa shape index (κ1) is 12.5. The van der Waals surface area contributed by atoms with Crippen molar-refractivity contribution in [3.05, 3.63) is 53.9 Å². The van der Waals surface area contributed by atoms with E-state index in [1.807, 2.05) is 24.3 Å². The second kappa shape index (κ2) is 4.88. The van der Waals surface area contributed by atoms with Gasteiger partial charge in [-0.25, -0.2) is 9.37 Å². The summed E-state index contributed by atoms with van der Waals surface area (Å²) in [5, 5.41) is 11.3. The van der Waals surface area contributed by atoms with Crippen molar-refractivity contribution < 1.29 is 4.39 Å². The van der Waals surface area contributed by atoms with Crippen molar-refractivity contribution in [1.29, 1.82) is 0 Å². The normalized spacial score (nSPS) is 12.6. The lowest BCUT2D eigenvalue weighted by atomic mass is 10.1. The van der Waals surface area contributed by atoms with E-state index >= 15 is 0 Å². The maximum Gasteiger partial charge on any atom is 0.203 e. The quantitative estimate of drug-likeness (QED) is 0.795. The maximum absolute atomic E-state index is 13.8. The average molecular weight is 271 g/mol. The second-order valence-corrected chi connectivity index (χ2v) is 4.60. The van der Waals surface area contributed by atoms with Crippen molar-refractivity contribution in [2.45, 2.75) is 19.9 Å². The Bertz CT molecular complexity index is 752.